The molecule has 1 fully saturated rings. The minimum absolute atomic E-state index is 0.176. The third kappa shape index (κ3) is 5.69. The maximum atomic E-state index is 12.5. The normalized spacial score (nSPS) is 15.3. The van der Waals surface area contributed by atoms with Crippen LogP contribution in [0.15, 0.2) is 60.0 Å². The van der Waals surface area contributed by atoms with Gasteiger partial charge in [-0.05, 0) is 23.8 Å². The van der Waals surface area contributed by atoms with Gasteiger partial charge < -0.3 is 10.2 Å². The van der Waals surface area contributed by atoms with Gasteiger partial charge in [0.15, 0.2) is 0 Å². The molecular weight excluding hydrogens is 426 g/mol. The third-order valence-corrected chi connectivity index (χ3v) is 6.60. The molecule has 1 heterocycles. The van der Waals surface area contributed by atoms with Crippen LogP contribution in [0.5, 0.6) is 0 Å². The van der Waals surface area contributed by atoms with Crippen LogP contribution in [0.1, 0.15) is 15.9 Å². The third-order valence-electron chi connectivity index (χ3n) is 4.70. The molecule has 0 spiro atoms. The van der Waals surface area contributed by atoms with Gasteiger partial charge in [-0.2, -0.15) is 4.31 Å². The summed E-state index contributed by atoms with van der Waals surface area (Å²) in [6, 6.07) is 15.8. The summed E-state index contributed by atoms with van der Waals surface area (Å²) in [5.74, 6) is -0.700. The molecule has 2 aromatic rings. The van der Waals surface area contributed by atoms with Crippen LogP contribution in [-0.4, -0.2) is 62.2 Å². The van der Waals surface area contributed by atoms with Crippen LogP contribution in [0.4, 0.5) is 0 Å². The SMILES string of the molecule is O=C(NCC(=O)N1CCN(S(=O)(=O)/C=C/c2ccccc2)CC1)c1ccccc1Cl. The lowest BCUT2D eigenvalue weighted by Gasteiger charge is -2.33. The predicted octanol–water partition coefficient (Wildman–Crippen LogP) is 2.21. The van der Waals surface area contributed by atoms with E-state index in [9.17, 15) is 18.0 Å². The van der Waals surface area contributed by atoms with Gasteiger partial charge in [-0.3, -0.25) is 9.59 Å². The summed E-state index contributed by atoms with van der Waals surface area (Å²) in [5, 5.41) is 4.05. The lowest BCUT2D eigenvalue weighted by molar-refractivity contribution is -0.131. The fourth-order valence-corrected chi connectivity index (χ4v) is 4.41. The van der Waals surface area contributed by atoms with Crippen molar-refractivity contribution in [3.05, 3.63) is 76.2 Å². The highest BCUT2D eigenvalue weighted by atomic mass is 35.5. The van der Waals surface area contributed by atoms with Crippen molar-refractivity contribution >= 4 is 39.5 Å². The monoisotopic (exact) mass is 447 g/mol. The molecule has 0 saturated carbocycles. The zero-order valence-corrected chi connectivity index (χ0v) is 17.8. The first-order valence-corrected chi connectivity index (χ1v) is 11.3. The average Bonchev–Trinajstić information content (AvgIpc) is 2.77. The summed E-state index contributed by atoms with van der Waals surface area (Å²) < 4.78 is 26.4. The van der Waals surface area contributed by atoms with Gasteiger partial charge in [-0.25, -0.2) is 8.42 Å². The quantitative estimate of drug-likeness (QED) is 0.735. The zero-order valence-electron chi connectivity index (χ0n) is 16.2. The maximum absolute atomic E-state index is 12.5. The van der Waals surface area contributed by atoms with Crippen LogP contribution in [0.25, 0.3) is 6.08 Å². The van der Waals surface area contributed by atoms with Gasteiger partial charge in [-0.1, -0.05) is 54.1 Å². The number of halogens is 1. The Bertz CT molecular complexity index is 1030. The van der Waals surface area contributed by atoms with E-state index in [1.165, 1.54) is 9.71 Å². The molecule has 30 heavy (non-hydrogen) atoms. The van der Waals surface area contributed by atoms with E-state index >= 15 is 0 Å². The number of benzene rings is 2. The molecule has 1 N–H and O–H groups in total. The van der Waals surface area contributed by atoms with Crippen LogP contribution in [0.3, 0.4) is 0 Å². The summed E-state index contributed by atoms with van der Waals surface area (Å²) in [6.07, 6.45) is 1.55. The molecule has 1 saturated heterocycles. The number of amides is 2. The van der Waals surface area contributed by atoms with Crippen molar-refractivity contribution in [2.45, 2.75) is 0 Å². The molecule has 2 amide bonds. The molecule has 158 valence electrons. The fourth-order valence-electron chi connectivity index (χ4n) is 3.02. The first-order valence-electron chi connectivity index (χ1n) is 9.40. The van der Waals surface area contributed by atoms with E-state index in [4.69, 9.17) is 11.6 Å². The van der Waals surface area contributed by atoms with E-state index in [1.807, 2.05) is 30.3 Å². The molecule has 3 rings (SSSR count). The highest BCUT2D eigenvalue weighted by Crippen LogP contribution is 2.15. The first kappa shape index (κ1) is 22.0. The van der Waals surface area contributed by atoms with Crippen molar-refractivity contribution in [3.8, 4) is 0 Å². The minimum Gasteiger partial charge on any atom is -0.343 e. The van der Waals surface area contributed by atoms with Crippen LogP contribution >= 0.6 is 11.6 Å². The molecule has 0 atom stereocenters. The second-order valence-electron chi connectivity index (χ2n) is 6.70. The number of hydrogen-bond donors (Lipinski definition) is 1. The number of nitrogens with zero attached hydrogens (tertiary/aromatic N) is 2. The minimum atomic E-state index is -3.57. The molecule has 2 aromatic carbocycles. The second kappa shape index (κ2) is 9.88. The van der Waals surface area contributed by atoms with E-state index in [0.29, 0.717) is 10.6 Å². The Balaban J connectivity index is 1.50. The number of carbonyl (C=O) groups excluding carboxylic acids is 2. The number of sulfonamides is 1. The Morgan fingerprint density at radius 3 is 2.27 bits per heavy atom. The van der Waals surface area contributed by atoms with Gasteiger partial charge in [0, 0.05) is 31.6 Å². The molecule has 7 nitrogen and oxygen atoms in total. The molecule has 1 aliphatic heterocycles. The summed E-state index contributed by atoms with van der Waals surface area (Å²) in [7, 11) is -3.57. The molecule has 1 aliphatic rings. The zero-order chi connectivity index (χ0) is 21.6. The van der Waals surface area contributed by atoms with Crippen molar-refractivity contribution in [1.82, 2.24) is 14.5 Å². The van der Waals surface area contributed by atoms with Crippen molar-refractivity contribution in [1.29, 1.82) is 0 Å². The Labute approximate surface area is 181 Å². The van der Waals surface area contributed by atoms with Crippen molar-refractivity contribution in [3.63, 3.8) is 0 Å². The number of rotatable bonds is 6. The van der Waals surface area contributed by atoms with Gasteiger partial charge in [0.1, 0.15) is 0 Å². The Kier molecular flexibility index (Phi) is 7.25. The first-order chi connectivity index (χ1) is 14.4. The van der Waals surface area contributed by atoms with Crippen LogP contribution in [0, 0.1) is 0 Å². The van der Waals surface area contributed by atoms with E-state index in [2.05, 4.69) is 5.32 Å². The number of hydrogen-bond acceptors (Lipinski definition) is 4. The fraction of sp³-hybridized carbons (Fsp3) is 0.238. The molecule has 9 heteroatoms. The highest BCUT2D eigenvalue weighted by Gasteiger charge is 2.27. The molecule has 0 aromatic heterocycles. The van der Waals surface area contributed by atoms with Gasteiger partial charge in [0.25, 0.3) is 5.91 Å². The lowest BCUT2D eigenvalue weighted by Crippen LogP contribution is -2.52. The molecule has 0 aliphatic carbocycles. The summed E-state index contributed by atoms with van der Waals surface area (Å²) in [4.78, 5) is 26.1. The van der Waals surface area contributed by atoms with Crippen molar-refractivity contribution in [2.75, 3.05) is 32.7 Å². The molecule has 0 radical (unpaired) electrons. The average molecular weight is 448 g/mol. The second-order valence-corrected chi connectivity index (χ2v) is 8.93. The van der Waals surface area contributed by atoms with Crippen LogP contribution < -0.4 is 5.32 Å². The van der Waals surface area contributed by atoms with E-state index in [-0.39, 0.29) is 38.6 Å². The van der Waals surface area contributed by atoms with Gasteiger partial charge >= 0.3 is 0 Å². The summed E-state index contributed by atoms with van der Waals surface area (Å²) in [5.41, 5.74) is 1.09. The molecular formula is C21H22ClN3O4S. The predicted molar refractivity (Wildman–Crippen MR) is 116 cm³/mol. The largest absolute Gasteiger partial charge is 0.343 e. The van der Waals surface area contributed by atoms with Crippen LogP contribution in [-0.2, 0) is 14.8 Å². The smallest absolute Gasteiger partial charge is 0.253 e. The van der Waals surface area contributed by atoms with Crippen molar-refractivity contribution in [2.24, 2.45) is 0 Å². The lowest BCUT2D eigenvalue weighted by atomic mass is 10.2. The van der Waals surface area contributed by atoms with E-state index < -0.39 is 15.9 Å². The van der Waals surface area contributed by atoms with E-state index in [1.54, 1.807) is 35.2 Å². The highest BCUT2D eigenvalue weighted by molar-refractivity contribution is 7.92. The van der Waals surface area contributed by atoms with E-state index in [0.717, 1.165) is 5.56 Å². The summed E-state index contributed by atoms with van der Waals surface area (Å²) in [6.45, 7) is 0.750. The van der Waals surface area contributed by atoms with Crippen LogP contribution in [0.2, 0.25) is 5.02 Å². The number of carbonyl (C=O) groups is 2. The number of nitrogens with one attached hydrogen (secondary N) is 1. The van der Waals surface area contributed by atoms with Gasteiger partial charge in [0.2, 0.25) is 15.9 Å². The summed E-state index contributed by atoms with van der Waals surface area (Å²) >= 11 is 5.98. The Morgan fingerprint density at radius 2 is 1.60 bits per heavy atom. The molecule has 0 bridgehead atoms. The Hall–Kier alpha value is -2.68. The van der Waals surface area contributed by atoms with Gasteiger partial charge in [-0.15, -0.1) is 0 Å². The van der Waals surface area contributed by atoms with Crippen molar-refractivity contribution < 1.29 is 18.0 Å². The maximum Gasteiger partial charge on any atom is 0.253 e. The van der Waals surface area contributed by atoms with Gasteiger partial charge in [0.05, 0.1) is 17.1 Å². The standard InChI is InChI=1S/C21H22ClN3O4S/c22-19-9-5-4-8-18(19)21(27)23-16-20(26)24-11-13-25(14-12-24)30(28,29)15-10-17-6-2-1-3-7-17/h1-10,15H,11-14,16H2,(H,23,27)/b15-10+. The number of piperazine rings is 1. The topological polar surface area (TPSA) is 86.8 Å². The molecule has 0 unspecified atom stereocenters. The Morgan fingerprint density at radius 1 is 0.967 bits per heavy atom.